The van der Waals surface area contributed by atoms with Crippen LogP contribution < -0.4 is 0 Å². The summed E-state index contributed by atoms with van der Waals surface area (Å²) in [6.07, 6.45) is 2.89. The third kappa shape index (κ3) is 2.89. The van der Waals surface area contributed by atoms with Crippen LogP contribution in [0, 0.1) is 0 Å². The molecule has 1 saturated heterocycles. The Bertz CT molecular complexity index is 923. The Morgan fingerprint density at radius 1 is 1.08 bits per heavy atom. The molecule has 132 valence electrons. The molecule has 3 aromatic rings. The van der Waals surface area contributed by atoms with Gasteiger partial charge >= 0.3 is 0 Å². The van der Waals surface area contributed by atoms with E-state index < -0.39 is 0 Å². The molecule has 2 fully saturated rings. The summed E-state index contributed by atoms with van der Waals surface area (Å²) >= 11 is 0. The van der Waals surface area contributed by atoms with E-state index in [1.165, 1.54) is 0 Å². The molecule has 1 aliphatic carbocycles. The van der Waals surface area contributed by atoms with Crippen LogP contribution in [0.3, 0.4) is 0 Å². The van der Waals surface area contributed by atoms with Gasteiger partial charge in [-0.05, 0) is 18.4 Å². The van der Waals surface area contributed by atoms with Crippen molar-refractivity contribution in [1.82, 2.24) is 20.2 Å². The number of carbonyl (C=O) groups excluding carboxylic acids is 1. The number of aromatic nitrogens is 3. The van der Waals surface area contributed by atoms with Gasteiger partial charge in [-0.1, -0.05) is 40.6 Å². The summed E-state index contributed by atoms with van der Waals surface area (Å²) in [7, 11) is 0. The Balaban J connectivity index is 1.19. The van der Waals surface area contributed by atoms with E-state index in [-0.39, 0.29) is 11.8 Å². The zero-order chi connectivity index (χ0) is 17.5. The van der Waals surface area contributed by atoms with Crippen LogP contribution in [-0.2, 0) is 6.42 Å². The van der Waals surface area contributed by atoms with Crippen LogP contribution in [0.15, 0.2) is 45.4 Å². The Morgan fingerprint density at radius 2 is 1.88 bits per heavy atom. The lowest BCUT2D eigenvalue weighted by molar-refractivity contribution is 0.0558. The topological polar surface area (TPSA) is 85.3 Å². The van der Waals surface area contributed by atoms with Crippen molar-refractivity contribution in [2.75, 3.05) is 13.1 Å². The fraction of sp³-hybridized carbons (Fsp3) is 0.368. The summed E-state index contributed by atoms with van der Waals surface area (Å²) in [5.74, 6) is 2.54. The van der Waals surface area contributed by atoms with Crippen LogP contribution in [0.5, 0.6) is 0 Å². The second-order valence-electron chi connectivity index (χ2n) is 7.01. The molecule has 2 aromatic heterocycles. The van der Waals surface area contributed by atoms with Gasteiger partial charge in [0.25, 0.3) is 5.91 Å². The van der Waals surface area contributed by atoms with E-state index in [9.17, 15) is 4.79 Å². The van der Waals surface area contributed by atoms with Crippen molar-refractivity contribution >= 4 is 5.91 Å². The molecule has 1 amide bonds. The second kappa shape index (κ2) is 6.09. The summed E-state index contributed by atoms with van der Waals surface area (Å²) in [6, 6.07) is 11.8. The van der Waals surface area contributed by atoms with Crippen molar-refractivity contribution < 1.29 is 13.8 Å². The van der Waals surface area contributed by atoms with Crippen molar-refractivity contribution in [3.8, 4) is 0 Å². The van der Waals surface area contributed by atoms with Crippen LogP contribution in [0.2, 0.25) is 0 Å². The van der Waals surface area contributed by atoms with Crippen molar-refractivity contribution in [3.05, 3.63) is 65.1 Å². The van der Waals surface area contributed by atoms with E-state index in [1.54, 1.807) is 11.0 Å². The highest BCUT2D eigenvalue weighted by Gasteiger charge is 2.37. The van der Waals surface area contributed by atoms with Crippen LogP contribution in [0.25, 0.3) is 0 Å². The molecule has 7 nitrogen and oxygen atoms in total. The highest BCUT2D eigenvalue weighted by atomic mass is 16.5. The predicted molar refractivity (Wildman–Crippen MR) is 90.7 cm³/mol. The molecule has 0 atom stereocenters. The first-order chi connectivity index (χ1) is 12.8. The van der Waals surface area contributed by atoms with Crippen molar-refractivity contribution in [2.24, 2.45) is 0 Å². The predicted octanol–water partition coefficient (Wildman–Crippen LogP) is 2.77. The lowest BCUT2D eigenvalue weighted by atomic mass is 9.99. The molecule has 1 saturated carbocycles. The second-order valence-corrected chi connectivity index (χ2v) is 7.01. The van der Waals surface area contributed by atoms with E-state index >= 15 is 0 Å². The molecular formula is C19H18N4O3. The third-order valence-corrected chi connectivity index (χ3v) is 4.93. The zero-order valence-electron chi connectivity index (χ0n) is 14.2. The first-order valence-corrected chi connectivity index (χ1v) is 8.88. The summed E-state index contributed by atoms with van der Waals surface area (Å²) < 4.78 is 10.6. The molecule has 0 bridgehead atoms. The number of hydrogen-bond donors (Lipinski definition) is 0. The number of rotatable bonds is 5. The maximum atomic E-state index is 12.4. The first-order valence-electron chi connectivity index (χ1n) is 8.88. The average molecular weight is 350 g/mol. The Kier molecular flexibility index (Phi) is 3.58. The molecule has 7 heteroatoms. The summed E-state index contributed by atoms with van der Waals surface area (Å²) in [5, 5.41) is 7.97. The number of nitrogens with zero attached hydrogens (tertiary/aromatic N) is 4. The fourth-order valence-corrected chi connectivity index (χ4v) is 3.20. The molecule has 26 heavy (non-hydrogen) atoms. The fourth-order valence-electron chi connectivity index (χ4n) is 3.20. The van der Waals surface area contributed by atoms with E-state index in [4.69, 9.17) is 9.05 Å². The van der Waals surface area contributed by atoms with Gasteiger partial charge in [-0.2, -0.15) is 4.98 Å². The van der Waals surface area contributed by atoms with Gasteiger partial charge in [0.1, 0.15) is 5.76 Å². The van der Waals surface area contributed by atoms with Gasteiger partial charge in [0.15, 0.2) is 11.5 Å². The van der Waals surface area contributed by atoms with Crippen LogP contribution in [0.1, 0.15) is 58.2 Å². The van der Waals surface area contributed by atoms with Gasteiger partial charge in [0.05, 0.1) is 5.92 Å². The molecule has 0 unspecified atom stereocenters. The molecule has 5 rings (SSSR count). The highest BCUT2D eigenvalue weighted by molar-refractivity contribution is 5.93. The van der Waals surface area contributed by atoms with Gasteiger partial charge in [-0.25, -0.2) is 0 Å². The Morgan fingerprint density at radius 3 is 2.65 bits per heavy atom. The largest absolute Gasteiger partial charge is 0.360 e. The molecule has 0 radical (unpaired) electrons. The SMILES string of the molecule is O=C(c1cc(C2CC2)on1)N1CC(c2nc(Cc3ccccc3)no2)C1. The van der Waals surface area contributed by atoms with Gasteiger partial charge in [-0.3, -0.25) is 4.79 Å². The van der Waals surface area contributed by atoms with E-state index in [0.717, 1.165) is 24.2 Å². The molecule has 0 N–H and O–H groups in total. The van der Waals surface area contributed by atoms with Crippen molar-refractivity contribution in [1.29, 1.82) is 0 Å². The van der Waals surface area contributed by atoms with E-state index in [0.29, 0.717) is 42.8 Å². The Labute approximate surface area is 150 Å². The van der Waals surface area contributed by atoms with E-state index in [2.05, 4.69) is 15.3 Å². The van der Waals surface area contributed by atoms with Crippen molar-refractivity contribution in [2.45, 2.75) is 31.1 Å². The average Bonchev–Trinajstić information content (AvgIpc) is 3.17. The molecular weight excluding hydrogens is 332 g/mol. The third-order valence-electron chi connectivity index (χ3n) is 4.93. The van der Waals surface area contributed by atoms with Gasteiger partial charge in [0, 0.05) is 31.5 Å². The summed E-state index contributed by atoms with van der Waals surface area (Å²) in [5.41, 5.74) is 1.53. The molecule has 2 aliphatic rings. The lowest BCUT2D eigenvalue weighted by Crippen LogP contribution is -2.48. The quantitative estimate of drug-likeness (QED) is 0.703. The van der Waals surface area contributed by atoms with Crippen LogP contribution in [-0.4, -0.2) is 39.2 Å². The number of carbonyl (C=O) groups is 1. The van der Waals surface area contributed by atoms with Crippen LogP contribution in [0.4, 0.5) is 0 Å². The summed E-state index contributed by atoms with van der Waals surface area (Å²) in [6.45, 7) is 1.13. The summed E-state index contributed by atoms with van der Waals surface area (Å²) in [4.78, 5) is 18.7. The maximum absolute atomic E-state index is 12.4. The molecule has 1 aliphatic heterocycles. The highest BCUT2D eigenvalue weighted by Crippen LogP contribution is 2.40. The molecule has 1 aromatic carbocycles. The minimum atomic E-state index is -0.0964. The monoisotopic (exact) mass is 350 g/mol. The Hall–Kier alpha value is -2.96. The smallest absolute Gasteiger partial charge is 0.276 e. The number of amides is 1. The number of benzene rings is 1. The van der Waals surface area contributed by atoms with E-state index in [1.807, 2.05) is 30.3 Å². The van der Waals surface area contributed by atoms with Crippen molar-refractivity contribution in [3.63, 3.8) is 0 Å². The zero-order valence-corrected chi connectivity index (χ0v) is 14.2. The minimum absolute atomic E-state index is 0.0887. The molecule has 3 heterocycles. The van der Waals surface area contributed by atoms with Gasteiger partial charge in [0.2, 0.25) is 5.89 Å². The van der Waals surface area contributed by atoms with Gasteiger partial charge < -0.3 is 13.9 Å². The van der Waals surface area contributed by atoms with Crippen LogP contribution >= 0.6 is 0 Å². The van der Waals surface area contributed by atoms with Gasteiger partial charge in [-0.15, -0.1) is 0 Å². The normalized spacial score (nSPS) is 17.3. The molecule has 0 spiro atoms. The lowest BCUT2D eigenvalue weighted by Gasteiger charge is -2.36. The number of likely N-dealkylation sites (tertiary alicyclic amines) is 1. The first kappa shape index (κ1) is 15.3. The minimum Gasteiger partial charge on any atom is -0.360 e. The standard InChI is InChI=1S/C19H18N4O3/c24-19(15-9-16(25-21-15)13-6-7-13)23-10-14(11-23)18-20-17(22-26-18)8-12-4-2-1-3-5-12/h1-5,9,13-14H,6-8,10-11H2. The number of hydrogen-bond acceptors (Lipinski definition) is 6. The maximum Gasteiger partial charge on any atom is 0.276 e.